The van der Waals surface area contributed by atoms with Crippen LogP contribution in [0.25, 0.3) is 0 Å². The molecule has 2 aromatic rings. The van der Waals surface area contributed by atoms with E-state index in [1.165, 1.54) is 25.0 Å². The number of nitrogens with two attached hydrogens (primary N) is 3. The summed E-state index contributed by atoms with van der Waals surface area (Å²) in [6.45, 7) is 0.124. The maximum atomic E-state index is 13.3. The standard InChI is InChI=1S/C23H35N11O7/c24-14(6-12-8-27-10-30-12)19(37)34-17(7-13-9-28-11-31-13)21(39)32-15(3-4-18(35)36)20(38)33-16(22(40)41)2-1-5-29-23(25)26/h8-11,14-17H,1-7,24H2,(H,27,30)(H,28,31)(H,32,39)(H,33,38)(H,34,37)(H,35,36)(H,40,41)(H4,25,26,29). The second-order valence-corrected chi connectivity index (χ2v) is 9.07. The lowest BCUT2D eigenvalue weighted by molar-refractivity contribution is -0.143. The summed E-state index contributed by atoms with van der Waals surface area (Å²) >= 11 is 0. The fourth-order valence-electron chi connectivity index (χ4n) is 3.67. The fraction of sp³-hybridized carbons (Fsp3) is 0.478. The topological polar surface area (TPSA) is 310 Å². The SMILES string of the molecule is NC(N)=NCCCC(NC(=O)C(CCC(=O)O)NC(=O)C(Cc1cnc[nH]1)NC(=O)C(N)Cc1cnc[nH]1)C(=O)O. The molecule has 0 aliphatic rings. The van der Waals surface area contributed by atoms with Crippen LogP contribution in [-0.2, 0) is 36.8 Å². The molecule has 4 unspecified atom stereocenters. The van der Waals surface area contributed by atoms with Crippen LogP contribution in [0.2, 0.25) is 0 Å². The van der Waals surface area contributed by atoms with Crippen molar-refractivity contribution < 1.29 is 34.2 Å². The molecule has 224 valence electrons. The van der Waals surface area contributed by atoms with Crippen LogP contribution in [0.3, 0.4) is 0 Å². The normalized spacial score (nSPS) is 13.7. The number of aliphatic imine (C=N–C) groups is 1. The highest BCUT2D eigenvalue weighted by Crippen LogP contribution is 2.06. The molecule has 13 N–H and O–H groups in total. The summed E-state index contributed by atoms with van der Waals surface area (Å²) in [7, 11) is 0. The zero-order chi connectivity index (χ0) is 30.4. The monoisotopic (exact) mass is 577 g/mol. The van der Waals surface area contributed by atoms with Crippen LogP contribution in [0.4, 0.5) is 0 Å². The van der Waals surface area contributed by atoms with Gasteiger partial charge in [-0.05, 0) is 19.3 Å². The number of nitrogens with one attached hydrogen (secondary N) is 5. The first kappa shape index (κ1) is 32.2. The molecule has 4 atom stereocenters. The van der Waals surface area contributed by atoms with Crippen molar-refractivity contribution in [2.24, 2.45) is 22.2 Å². The van der Waals surface area contributed by atoms with Gasteiger partial charge >= 0.3 is 11.9 Å². The molecule has 18 nitrogen and oxygen atoms in total. The number of carbonyl (C=O) groups excluding carboxylic acids is 3. The molecule has 0 aromatic carbocycles. The largest absolute Gasteiger partial charge is 0.481 e. The number of carbonyl (C=O) groups is 5. The van der Waals surface area contributed by atoms with Crippen LogP contribution in [0.15, 0.2) is 30.0 Å². The lowest BCUT2D eigenvalue weighted by Crippen LogP contribution is -2.57. The Kier molecular flexibility index (Phi) is 12.7. The maximum Gasteiger partial charge on any atom is 0.326 e. The fourth-order valence-corrected chi connectivity index (χ4v) is 3.67. The van der Waals surface area contributed by atoms with E-state index in [-0.39, 0.29) is 44.6 Å². The van der Waals surface area contributed by atoms with Gasteiger partial charge in [0, 0.05) is 49.6 Å². The van der Waals surface area contributed by atoms with Gasteiger partial charge in [-0.1, -0.05) is 0 Å². The second kappa shape index (κ2) is 16.2. The van der Waals surface area contributed by atoms with E-state index >= 15 is 0 Å². The molecule has 0 saturated carbocycles. The first-order valence-corrected chi connectivity index (χ1v) is 12.6. The van der Waals surface area contributed by atoms with E-state index in [0.717, 1.165) is 0 Å². The molecule has 0 saturated heterocycles. The van der Waals surface area contributed by atoms with Crippen LogP contribution in [0.5, 0.6) is 0 Å². The summed E-state index contributed by atoms with van der Waals surface area (Å²) < 4.78 is 0. The van der Waals surface area contributed by atoms with E-state index in [2.05, 4.69) is 40.9 Å². The zero-order valence-corrected chi connectivity index (χ0v) is 22.1. The summed E-state index contributed by atoms with van der Waals surface area (Å²) in [5.41, 5.74) is 17.6. The number of aliphatic carboxylic acids is 2. The van der Waals surface area contributed by atoms with Crippen LogP contribution in [-0.4, -0.2) is 96.5 Å². The molecule has 3 amide bonds. The smallest absolute Gasteiger partial charge is 0.326 e. The average Bonchev–Trinajstić information content (AvgIpc) is 3.61. The Morgan fingerprint density at radius 3 is 1.93 bits per heavy atom. The number of guanidine groups is 1. The van der Waals surface area contributed by atoms with Crippen molar-refractivity contribution in [2.75, 3.05) is 6.54 Å². The molecule has 2 aromatic heterocycles. The van der Waals surface area contributed by atoms with Gasteiger partial charge in [0.25, 0.3) is 0 Å². The number of rotatable bonds is 18. The zero-order valence-electron chi connectivity index (χ0n) is 22.1. The third-order valence-electron chi connectivity index (χ3n) is 5.78. The second-order valence-electron chi connectivity index (χ2n) is 9.07. The highest BCUT2D eigenvalue weighted by atomic mass is 16.4. The number of imidazole rings is 2. The Morgan fingerprint density at radius 2 is 1.39 bits per heavy atom. The molecule has 2 heterocycles. The molecule has 0 bridgehead atoms. The van der Waals surface area contributed by atoms with Gasteiger partial charge in [0.05, 0.1) is 18.7 Å². The first-order valence-electron chi connectivity index (χ1n) is 12.6. The molecule has 2 rings (SSSR count). The molecule has 0 spiro atoms. The highest BCUT2D eigenvalue weighted by molar-refractivity contribution is 5.94. The van der Waals surface area contributed by atoms with Crippen LogP contribution >= 0.6 is 0 Å². The number of carboxylic acids is 2. The Bertz CT molecular complexity index is 1180. The number of hydrogen-bond donors (Lipinski definition) is 10. The van der Waals surface area contributed by atoms with Crippen molar-refractivity contribution in [2.45, 2.75) is 62.7 Å². The summed E-state index contributed by atoms with van der Waals surface area (Å²) in [6.07, 6.45) is 5.10. The quantitative estimate of drug-likeness (QED) is 0.0473. The van der Waals surface area contributed by atoms with E-state index in [4.69, 9.17) is 22.3 Å². The van der Waals surface area contributed by atoms with E-state index in [1.807, 2.05) is 0 Å². The minimum absolute atomic E-state index is 0.0375. The third kappa shape index (κ3) is 11.7. The molecule has 18 heteroatoms. The van der Waals surface area contributed by atoms with Crippen molar-refractivity contribution in [3.63, 3.8) is 0 Å². The van der Waals surface area contributed by atoms with Crippen molar-refractivity contribution in [3.8, 4) is 0 Å². The van der Waals surface area contributed by atoms with Crippen LogP contribution < -0.4 is 33.2 Å². The van der Waals surface area contributed by atoms with E-state index in [1.54, 1.807) is 0 Å². The number of nitrogens with zero attached hydrogens (tertiary/aromatic N) is 3. The number of amides is 3. The first-order chi connectivity index (χ1) is 19.5. The van der Waals surface area contributed by atoms with Gasteiger partial charge in [0.15, 0.2) is 5.96 Å². The van der Waals surface area contributed by atoms with Gasteiger partial charge in [-0.2, -0.15) is 0 Å². The van der Waals surface area contributed by atoms with Crippen molar-refractivity contribution in [3.05, 3.63) is 36.4 Å². The Labute approximate surface area is 234 Å². The summed E-state index contributed by atoms with van der Waals surface area (Å²) in [5.74, 6) is -5.17. The number of H-pyrrole nitrogens is 2. The molecule has 0 fully saturated rings. The number of aromatic amines is 2. The molecular formula is C23H35N11O7. The minimum Gasteiger partial charge on any atom is -0.481 e. The maximum absolute atomic E-state index is 13.3. The number of hydrogen-bond acceptors (Lipinski definition) is 9. The predicted octanol–water partition coefficient (Wildman–Crippen LogP) is -3.30. The minimum atomic E-state index is -1.43. The lowest BCUT2D eigenvalue weighted by Gasteiger charge is -2.25. The highest BCUT2D eigenvalue weighted by Gasteiger charge is 2.31. The van der Waals surface area contributed by atoms with E-state index < -0.39 is 60.2 Å². The summed E-state index contributed by atoms with van der Waals surface area (Å²) in [5, 5.41) is 26.0. The predicted molar refractivity (Wildman–Crippen MR) is 143 cm³/mol. The van der Waals surface area contributed by atoms with Crippen molar-refractivity contribution in [1.29, 1.82) is 0 Å². The molecule has 0 radical (unpaired) electrons. The van der Waals surface area contributed by atoms with Gasteiger partial charge in [-0.15, -0.1) is 0 Å². The van der Waals surface area contributed by atoms with Gasteiger partial charge in [-0.25, -0.2) is 14.8 Å². The van der Waals surface area contributed by atoms with Crippen LogP contribution in [0.1, 0.15) is 37.1 Å². The Hall–Kier alpha value is -5.00. The summed E-state index contributed by atoms with van der Waals surface area (Å²) in [6, 6.07) is -5.08. The average molecular weight is 578 g/mol. The Morgan fingerprint density at radius 1 is 0.829 bits per heavy atom. The lowest BCUT2D eigenvalue weighted by atomic mass is 10.1. The van der Waals surface area contributed by atoms with E-state index in [0.29, 0.717) is 11.4 Å². The van der Waals surface area contributed by atoms with Gasteiger partial charge in [-0.3, -0.25) is 24.2 Å². The third-order valence-corrected chi connectivity index (χ3v) is 5.78. The van der Waals surface area contributed by atoms with Gasteiger partial charge < -0.3 is 53.3 Å². The molecule has 0 aliphatic heterocycles. The molecule has 0 aliphatic carbocycles. The van der Waals surface area contributed by atoms with Crippen LogP contribution in [0, 0.1) is 0 Å². The number of aromatic nitrogens is 4. The Balaban J connectivity index is 2.15. The van der Waals surface area contributed by atoms with Crippen molar-refractivity contribution >= 4 is 35.6 Å². The molecular weight excluding hydrogens is 542 g/mol. The van der Waals surface area contributed by atoms with Crippen molar-refractivity contribution in [1.82, 2.24) is 35.9 Å². The summed E-state index contributed by atoms with van der Waals surface area (Å²) in [4.78, 5) is 79.2. The molecule has 41 heavy (non-hydrogen) atoms. The number of carboxylic acid groups (broad SMARTS) is 2. The van der Waals surface area contributed by atoms with E-state index in [9.17, 15) is 29.1 Å². The van der Waals surface area contributed by atoms with Gasteiger partial charge in [0.1, 0.15) is 18.1 Å². The van der Waals surface area contributed by atoms with Gasteiger partial charge in [0.2, 0.25) is 17.7 Å².